The van der Waals surface area contributed by atoms with Gasteiger partial charge in [-0.15, -0.1) is 0 Å². The third kappa shape index (κ3) is 5.92. The summed E-state index contributed by atoms with van der Waals surface area (Å²) in [6, 6.07) is 11.4. The Bertz CT molecular complexity index is 1770. The van der Waals surface area contributed by atoms with E-state index < -0.39 is 0 Å². The van der Waals surface area contributed by atoms with Gasteiger partial charge in [-0.1, -0.05) is 30.4 Å². The number of amides is 3. The highest BCUT2D eigenvalue weighted by molar-refractivity contribution is 6.05. The van der Waals surface area contributed by atoms with Gasteiger partial charge in [-0.3, -0.25) is 9.78 Å². The van der Waals surface area contributed by atoms with Crippen LogP contribution >= 0.6 is 0 Å². The number of aromatic nitrogens is 3. The zero-order valence-corrected chi connectivity index (χ0v) is 24.5. The topological polar surface area (TPSA) is 103 Å². The number of carbonyl (C=O) groups is 2. The molecule has 9 nitrogen and oxygen atoms in total. The van der Waals surface area contributed by atoms with E-state index in [4.69, 9.17) is 4.74 Å². The van der Waals surface area contributed by atoms with Crippen molar-refractivity contribution in [3.8, 4) is 11.1 Å². The first kappa shape index (κ1) is 28.0. The molecule has 9 heteroatoms. The summed E-state index contributed by atoms with van der Waals surface area (Å²) in [4.78, 5) is 42.3. The summed E-state index contributed by atoms with van der Waals surface area (Å²) >= 11 is 0. The van der Waals surface area contributed by atoms with E-state index in [9.17, 15) is 9.59 Å². The number of rotatable bonds is 8. The minimum atomic E-state index is -0.236. The predicted octanol–water partition coefficient (Wildman–Crippen LogP) is 6.40. The van der Waals surface area contributed by atoms with Crippen LogP contribution in [-0.2, 0) is 11.3 Å². The lowest BCUT2D eigenvalue weighted by Gasteiger charge is -2.24. The number of nitrogens with one attached hydrogen (secondary N) is 2. The Morgan fingerprint density at radius 2 is 1.98 bits per heavy atom. The summed E-state index contributed by atoms with van der Waals surface area (Å²) in [6.45, 7) is 0.455. The molecule has 0 atom stereocenters. The average Bonchev–Trinajstić information content (AvgIpc) is 3.83. The number of pyridine rings is 2. The number of hydrogen-bond acceptors (Lipinski definition) is 5. The summed E-state index contributed by atoms with van der Waals surface area (Å²) in [5.41, 5.74) is 6.19. The van der Waals surface area contributed by atoms with Crippen molar-refractivity contribution >= 4 is 34.2 Å². The van der Waals surface area contributed by atoms with Gasteiger partial charge < -0.3 is 24.8 Å². The van der Waals surface area contributed by atoms with E-state index in [1.165, 1.54) is 4.90 Å². The first-order chi connectivity index (χ1) is 20.9. The SMILES string of the molecule is COC1=CCC=CC=C1c1c[nH]c2ncc(-c3ccc(NC(=O)N(Cc4cccnc4)C4CC4)c(C(=O)N(C)C)c3)cc12. The minimum Gasteiger partial charge on any atom is -0.496 e. The standard InChI is InChI=1S/C34H34N6O3/c1-39(2)33(41)28-16-23(11-14-30(28)38-34(42)40(25-12-13-25)21-22-8-7-15-35-18-22)24-17-27-29(20-37-32(27)36-19-24)26-9-5-4-6-10-31(26)43-3/h4-5,7-11,14-20,25H,6,12-13,21H2,1-3H3,(H,36,37)(H,38,42). The molecule has 0 aliphatic heterocycles. The number of anilines is 1. The number of ether oxygens (including phenoxy) is 1. The van der Waals surface area contributed by atoms with Crippen molar-refractivity contribution in [2.24, 2.45) is 0 Å². The summed E-state index contributed by atoms with van der Waals surface area (Å²) in [5.74, 6) is 0.600. The van der Waals surface area contributed by atoms with Crippen LogP contribution in [0.15, 0.2) is 91.2 Å². The van der Waals surface area contributed by atoms with Crippen molar-refractivity contribution in [2.45, 2.75) is 31.8 Å². The fourth-order valence-corrected chi connectivity index (χ4v) is 5.29. The van der Waals surface area contributed by atoms with Crippen LogP contribution in [0.5, 0.6) is 0 Å². The number of aromatic amines is 1. The smallest absolute Gasteiger partial charge is 0.322 e. The molecule has 218 valence electrons. The molecule has 0 spiro atoms. The van der Waals surface area contributed by atoms with E-state index in [0.717, 1.165) is 63.9 Å². The van der Waals surface area contributed by atoms with Crippen molar-refractivity contribution < 1.29 is 14.3 Å². The summed E-state index contributed by atoms with van der Waals surface area (Å²) in [6.07, 6.45) is 18.1. The Morgan fingerprint density at radius 3 is 2.72 bits per heavy atom. The van der Waals surface area contributed by atoms with Gasteiger partial charge >= 0.3 is 6.03 Å². The van der Waals surface area contributed by atoms with Crippen LogP contribution in [0.3, 0.4) is 0 Å². The number of nitrogens with zero attached hydrogens (tertiary/aromatic N) is 4. The van der Waals surface area contributed by atoms with E-state index >= 15 is 0 Å². The summed E-state index contributed by atoms with van der Waals surface area (Å²) < 4.78 is 5.68. The first-order valence-electron chi connectivity index (χ1n) is 14.3. The largest absolute Gasteiger partial charge is 0.496 e. The van der Waals surface area contributed by atoms with Crippen LogP contribution < -0.4 is 5.32 Å². The Kier molecular flexibility index (Phi) is 7.79. The van der Waals surface area contributed by atoms with E-state index in [1.807, 2.05) is 47.5 Å². The lowest BCUT2D eigenvalue weighted by molar-refractivity contribution is 0.0828. The molecule has 2 N–H and O–H groups in total. The molecule has 2 aliphatic carbocycles. The zero-order valence-electron chi connectivity index (χ0n) is 24.5. The molecule has 43 heavy (non-hydrogen) atoms. The van der Waals surface area contributed by atoms with Crippen LogP contribution in [0.4, 0.5) is 10.5 Å². The maximum atomic E-state index is 13.5. The molecular weight excluding hydrogens is 540 g/mol. The van der Waals surface area contributed by atoms with Gasteiger partial charge in [-0.05, 0) is 60.7 Å². The quantitative estimate of drug-likeness (QED) is 0.254. The van der Waals surface area contributed by atoms with E-state index in [2.05, 4.69) is 38.5 Å². The highest BCUT2D eigenvalue weighted by Gasteiger charge is 2.33. The second kappa shape index (κ2) is 12.0. The molecule has 0 radical (unpaired) electrons. The molecule has 4 aromatic rings. The van der Waals surface area contributed by atoms with Crippen LogP contribution in [0, 0.1) is 0 Å². The monoisotopic (exact) mass is 574 g/mol. The number of urea groups is 1. The van der Waals surface area contributed by atoms with E-state index in [-0.39, 0.29) is 18.0 Å². The number of allylic oxidation sites excluding steroid dienone is 5. The van der Waals surface area contributed by atoms with Crippen molar-refractivity contribution in [1.29, 1.82) is 0 Å². The fraction of sp³-hybridized carbons (Fsp3) is 0.235. The van der Waals surface area contributed by atoms with Crippen molar-refractivity contribution in [1.82, 2.24) is 24.8 Å². The normalized spacial score (nSPS) is 14.5. The van der Waals surface area contributed by atoms with E-state index in [1.54, 1.807) is 45.9 Å². The Morgan fingerprint density at radius 1 is 1.12 bits per heavy atom. The van der Waals surface area contributed by atoms with Gasteiger partial charge in [0.25, 0.3) is 5.91 Å². The van der Waals surface area contributed by atoms with Crippen molar-refractivity contribution in [2.75, 3.05) is 26.5 Å². The van der Waals surface area contributed by atoms with Crippen LogP contribution in [0.25, 0.3) is 27.7 Å². The summed E-state index contributed by atoms with van der Waals surface area (Å²) in [5, 5.41) is 3.97. The molecule has 1 fully saturated rings. The number of methoxy groups -OCH3 is 1. The number of hydrogen-bond donors (Lipinski definition) is 2. The van der Waals surface area contributed by atoms with Gasteiger partial charge in [-0.2, -0.15) is 0 Å². The second-order valence-electron chi connectivity index (χ2n) is 10.9. The lowest BCUT2D eigenvalue weighted by Crippen LogP contribution is -2.37. The second-order valence-corrected chi connectivity index (χ2v) is 10.9. The fourth-order valence-electron chi connectivity index (χ4n) is 5.29. The number of fused-ring (bicyclic) bond motifs is 1. The molecule has 0 bridgehead atoms. The summed E-state index contributed by atoms with van der Waals surface area (Å²) in [7, 11) is 5.08. The maximum Gasteiger partial charge on any atom is 0.322 e. The number of carbonyl (C=O) groups excluding carboxylic acids is 2. The molecule has 1 aromatic carbocycles. The first-order valence-corrected chi connectivity index (χ1v) is 14.3. The molecule has 2 aliphatic rings. The van der Waals surface area contributed by atoms with Crippen LogP contribution in [0.1, 0.15) is 40.7 Å². The third-order valence-corrected chi connectivity index (χ3v) is 7.70. The zero-order chi connectivity index (χ0) is 29.9. The van der Waals surface area contributed by atoms with Gasteiger partial charge in [0.1, 0.15) is 11.4 Å². The predicted molar refractivity (Wildman–Crippen MR) is 168 cm³/mol. The Balaban J connectivity index is 1.34. The van der Waals surface area contributed by atoms with Crippen LogP contribution in [0.2, 0.25) is 0 Å². The van der Waals surface area contributed by atoms with Gasteiger partial charge in [0.2, 0.25) is 0 Å². The Labute approximate surface area is 250 Å². The number of H-pyrrole nitrogens is 1. The molecule has 1 saturated carbocycles. The maximum absolute atomic E-state index is 13.5. The minimum absolute atomic E-state index is 0.174. The molecular formula is C34H34N6O3. The third-order valence-electron chi connectivity index (χ3n) is 7.70. The molecule has 3 aromatic heterocycles. The average molecular weight is 575 g/mol. The molecule has 6 rings (SSSR count). The Hall–Kier alpha value is -5.18. The lowest BCUT2D eigenvalue weighted by atomic mass is 9.99. The van der Waals surface area contributed by atoms with Gasteiger partial charge in [0.15, 0.2) is 0 Å². The highest BCUT2D eigenvalue weighted by atomic mass is 16.5. The van der Waals surface area contributed by atoms with Crippen molar-refractivity contribution in [3.63, 3.8) is 0 Å². The van der Waals surface area contributed by atoms with Gasteiger partial charge in [-0.25, -0.2) is 9.78 Å². The van der Waals surface area contributed by atoms with Crippen molar-refractivity contribution in [3.05, 3.63) is 108 Å². The molecule has 3 heterocycles. The van der Waals surface area contributed by atoms with Gasteiger partial charge in [0.05, 0.1) is 18.4 Å². The van der Waals surface area contributed by atoms with Crippen LogP contribution in [-0.4, -0.2) is 63.9 Å². The number of benzene rings is 1. The molecule has 3 amide bonds. The van der Waals surface area contributed by atoms with E-state index in [0.29, 0.717) is 17.8 Å². The highest BCUT2D eigenvalue weighted by Crippen LogP contribution is 2.35. The van der Waals surface area contributed by atoms with Gasteiger partial charge in [0, 0.05) is 73.6 Å². The molecule has 0 unspecified atom stereocenters. The molecule has 0 saturated heterocycles.